The molecular formula is C11H15N3. The maximum absolute atomic E-state index is 4.15. The predicted molar refractivity (Wildman–Crippen MR) is 54.8 cm³/mol. The van der Waals surface area contributed by atoms with Crippen LogP contribution in [-0.4, -0.2) is 35.1 Å². The van der Waals surface area contributed by atoms with Gasteiger partial charge in [0.25, 0.3) is 0 Å². The van der Waals surface area contributed by atoms with Gasteiger partial charge in [-0.2, -0.15) is 0 Å². The molecule has 14 heavy (non-hydrogen) atoms. The summed E-state index contributed by atoms with van der Waals surface area (Å²) in [5.41, 5.74) is 1.33. The van der Waals surface area contributed by atoms with Crippen molar-refractivity contribution in [2.24, 2.45) is 0 Å². The molecule has 0 aromatic carbocycles. The Labute approximate surface area is 84.1 Å². The van der Waals surface area contributed by atoms with E-state index in [0.717, 1.165) is 18.6 Å². The average molecular weight is 189 g/mol. The number of likely N-dealkylation sites (tertiary alicyclic amines) is 1. The lowest BCUT2D eigenvalue weighted by Gasteiger charge is -2.26. The fourth-order valence-electron chi connectivity index (χ4n) is 2.57. The van der Waals surface area contributed by atoms with Crippen molar-refractivity contribution in [1.82, 2.24) is 15.2 Å². The summed E-state index contributed by atoms with van der Waals surface area (Å²) < 4.78 is 0. The third kappa shape index (κ3) is 1.42. The second-order valence-electron chi connectivity index (χ2n) is 4.29. The highest BCUT2D eigenvalue weighted by Crippen LogP contribution is 2.24. The number of piperazine rings is 1. The molecule has 0 aliphatic carbocycles. The summed E-state index contributed by atoms with van der Waals surface area (Å²) in [4.78, 5) is 6.71. The maximum atomic E-state index is 4.15. The molecule has 2 unspecified atom stereocenters. The molecule has 0 saturated carbocycles. The van der Waals surface area contributed by atoms with Gasteiger partial charge in [-0.1, -0.05) is 6.07 Å². The molecule has 1 aromatic rings. The minimum Gasteiger partial charge on any atom is -0.311 e. The normalized spacial score (nSPS) is 31.1. The number of nitrogens with one attached hydrogen (secondary N) is 1. The van der Waals surface area contributed by atoms with Crippen LogP contribution in [0.3, 0.4) is 0 Å². The highest BCUT2D eigenvalue weighted by molar-refractivity contribution is 5.10. The van der Waals surface area contributed by atoms with Gasteiger partial charge in [0.2, 0.25) is 0 Å². The summed E-state index contributed by atoms with van der Waals surface area (Å²) in [6, 6.07) is 5.69. The molecule has 0 spiro atoms. The minimum atomic E-state index is 0.747. The lowest BCUT2D eigenvalue weighted by molar-refractivity contribution is 0.217. The Balaban J connectivity index is 1.69. The summed E-state index contributed by atoms with van der Waals surface area (Å²) in [5.74, 6) is 0. The van der Waals surface area contributed by atoms with Crippen LogP contribution in [0, 0.1) is 0 Å². The Morgan fingerprint density at radius 3 is 3.21 bits per heavy atom. The second kappa shape index (κ2) is 3.33. The number of fused-ring (bicyclic) bond motifs is 2. The fourth-order valence-corrected chi connectivity index (χ4v) is 2.57. The number of aromatic nitrogens is 1. The van der Waals surface area contributed by atoms with Crippen LogP contribution < -0.4 is 5.32 Å². The van der Waals surface area contributed by atoms with E-state index in [1.54, 1.807) is 0 Å². The van der Waals surface area contributed by atoms with Crippen LogP contribution >= 0.6 is 0 Å². The Kier molecular flexibility index (Phi) is 2.00. The van der Waals surface area contributed by atoms with Gasteiger partial charge in [0.05, 0.1) is 0 Å². The molecular weight excluding hydrogens is 174 g/mol. The highest BCUT2D eigenvalue weighted by atomic mass is 15.3. The van der Waals surface area contributed by atoms with E-state index in [2.05, 4.69) is 21.3 Å². The van der Waals surface area contributed by atoms with Crippen LogP contribution in [0.2, 0.25) is 0 Å². The summed E-state index contributed by atoms with van der Waals surface area (Å²) in [7, 11) is 0. The van der Waals surface area contributed by atoms with E-state index in [1.807, 2.05) is 18.5 Å². The molecule has 3 heteroatoms. The van der Waals surface area contributed by atoms with Gasteiger partial charge < -0.3 is 5.32 Å². The maximum Gasteiger partial charge on any atom is 0.0312 e. The first-order chi connectivity index (χ1) is 6.92. The summed E-state index contributed by atoms with van der Waals surface area (Å²) in [5, 5.41) is 3.51. The number of nitrogens with zero attached hydrogens (tertiary/aromatic N) is 2. The van der Waals surface area contributed by atoms with Gasteiger partial charge in [-0.15, -0.1) is 0 Å². The molecule has 3 nitrogen and oxygen atoms in total. The third-order valence-corrected chi connectivity index (χ3v) is 3.28. The fraction of sp³-hybridized carbons (Fsp3) is 0.545. The van der Waals surface area contributed by atoms with Crippen LogP contribution in [0.4, 0.5) is 0 Å². The van der Waals surface area contributed by atoms with Crippen LogP contribution in [0.1, 0.15) is 12.0 Å². The lowest BCUT2D eigenvalue weighted by atomic mass is 10.2. The van der Waals surface area contributed by atoms with Crippen LogP contribution in [0.15, 0.2) is 24.5 Å². The zero-order valence-electron chi connectivity index (χ0n) is 8.19. The molecule has 3 heterocycles. The molecule has 0 amide bonds. The molecule has 2 aliphatic heterocycles. The third-order valence-electron chi connectivity index (χ3n) is 3.28. The number of rotatable bonds is 2. The number of hydrogen-bond donors (Lipinski definition) is 1. The van der Waals surface area contributed by atoms with E-state index in [9.17, 15) is 0 Å². The van der Waals surface area contributed by atoms with E-state index in [0.29, 0.717) is 0 Å². The van der Waals surface area contributed by atoms with Crippen molar-refractivity contribution in [2.45, 2.75) is 25.0 Å². The first kappa shape index (κ1) is 8.38. The molecule has 1 aromatic heterocycles. The van der Waals surface area contributed by atoms with Gasteiger partial charge in [0.1, 0.15) is 0 Å². The van der Waals surface area contributed by atoms with Gasteiger partial charge >= 0.3 is 0 Å². The quantitative estimate of drug-likeness (QED) is 0.739. The zero-order chi connectivity index (χ0) is 9.38. The minimum absolute atomic E-state index is 0.747. The second-order valence-corrected chi connectivity index (χ2v) is 4.29. The zero-order valence-corrected chi connectivity index (χ0v) is 8.19. The van der Waals surface area contributed by atoms with Gasteiger partial charge in [0.15, 0.2) is 0 Å². The molecule has 2 atom stereocenters. The van der Waals surface area contributed by atoms with Crippen molar-refractivity contribution in [2.75, 3.05) is 13.1 Å². The van der Waals surface area contributed by atoms with Crippen molar-refractivity contribution < 1.29 is 0 Å². The Bertz CT molecular complexity index is 312. The first-order valence-electron chi connectivity index (χ1n) is 5.28. The smallest absolute Gasteiger partial charge is 0.0312 e. The van der Waals surface area contributed by atoms with Gasteiger partial charge in [-0.3, -0.25) is 9.88 Å². The molecule has 1 N–H and O–H groups in total. The molecule has 74 valence electrons. The highest BCUT2D eigenvalue weighted by Gasteiger charge is 2.37. The SMILES string of the molecule is c1cncc(CN2CC3CC2CN3)c1. The van der Waals surface area contributed by atoms with Gasteiger partial charge in [0, 0.05) is 44.1 Å². The number of pyridine rings is 1. The van der Waals surface area contributed by atoms with E-state index in [4.69, 9.17) is 0 Å². The Hall–Kier alpha value is -0.930. The first-order valence-corrected chi connectivity index (χ1v) is 5.28. The summed E-state index contributed by atoms with van der Waals surface area (Å²) in [6.45, 7) is 3.45. The van der Waals surface area contributed by atoms with Crippen molar-refractivity contribution in [3.8, 4) is 0 Å². The van der Waals surface area contributed by atoms with Crippen molar-refractivity contribution in [1.29, 1.82) is 0 Å². The Morgan fingerprint density at radius 1 is 1.57 bits per heavy atom. The van der Waals surface area contributed by atoms with E-state index in [-0.39, 0.29) is 0 Å². The Morgan fingerprint density at radius 2 is 2.57 bits per heavy atom. The summed E-state index contributed by atoms with van der Waals surface area (Å²) in [6.07, 6.45) is 5.14. The van der Waals surface area contributed by atoms with Crippen LogP contribution in [0.25, 0.3) is 0 Å². The average Bonchev–Trinajstić information content (AvgIpc) is 2.81. The molecule has 0 radical (unpaired) electrons. The van der Waals surface area contributed by atoms with Crippen LogP contribution in [-0.2, 0) is 6.54 Å². The van der Waals surface area contributed by atoms with E-state index < -0.39 is 0 Å². The van der Waals surface area contributed by atoms with Crippen LogP contribution in [0.5, 0.6) is 0 Å². The van der Waals surface area contributed by atoms with Crippen molar-refractivity contribution in [3.05, 3.63) is 30.1 Å². The van der Waals surface area contributed by atoms with E-state index in [1.165, 1.54) is 25.1 Å². The molecule has 2 fully saturated rings. The lowest BCUT2D eigenvalue weighted by Crippen LogP contribution is -2.42. The topological polar surface area (TPSA) is 28.2 Å². The predicted octanol–water partition coefficient (Wildman–Crippen LogP) is 0.628. The van der Waals surface area contributed by atoms with Crippen molar-refractivity contribution in [3.63, 3.8) is 0 Å². The van der Waals surface area contributed by atoms with Crippen molar-refractivity contribution >= 4 is 0 Å². The molecule has 2 bridgehead atoms. The summed E-state index contributed by atoms with van der Waals surface area (Å²) >= 11 is 0. The molecule has 2 saturated heterocycles. The van der Waals surface area contributed by atoms with Gasteiger partial charge in [-0.05, 0) is 18.1 Å². The standard InChI is InChI=1S/C11H15N3/c1-2-9(5-12-3-1)7-14-8-10-4-11(14)6-13-10/h1-3,5,10-11,13H,4,6-8H2. The largest absolute Gasteiger partial charge is 0.311 e. The number of hydrogen-bond acceptors (Lipinski definition) is 3. The molecule has 2 aliphatic rings. The molecule has 3 rings (SSSR count). The van der Waals surface area contributed by atoms with Gasteiger partial charge in [-0.25, -0.2) is 0 Å². The monoisotopic (exact) mass is 189 g/mol. The van der Waals surface area contributed by atoms with E-state index >= 15 is 0 Å².